The van der Waals surface area contributed by atoms with Crippen LogP contribution in [0.1, 0.15) is 30.4 Å². The molecule has 3 rings (SSSR count). The highest BCUT2D eigenvalue weighted by molar-refractivity contribution is 6.06. The maximum atomic E-state index is 13.8. The number of nitrogens with two attached hydrogens (primary N) is 1. The summed E-state index contributed by atoms with van der Waals surface area (Å²) in [6, 6.07) is 9.28. The lowest BCUT2D eigenvalue weighted by Crippen LogP contribution is -2.45. The number of pyridine rings is 1. The maximum absolute atomic E-state index is 13.8. The summed E-state index contributed by atoms with van der Waals surface area (Å²) in [7, 11) is 0. The van der Waals surface area contributed by atoms with Crippen molar-refractivity contribution in [3.63, 3.8) is 0 Å². The predicted molar refractivity (Wildman–Crippen MR) is 111 cm³/mol. The van der Waals surface area contributed by atoms with E-state index in [1.807, 2.05) is 0 Å². The van der Waals surface area contributed by atoms with Gasteiger partial charge in [-0.25, -0.2) is 4.39 Å². The Balaban J connectivity index is 1.44. The van der Waals surface area contributed by atoms with Crippen LogP contribution in [0.15, 0.2) is 48.8 Å². The number of nitrogens with zero attached hydrogens (tertiary/aromatic N) is 2. The van der Waals surface area contributed by atoms with Crippen LogP contribution >= 0.6 is 0 Å². The average Bonchev–Trinajstić information content (AvgIpc) is 2.76. The fourth-order valence-corrected chi connectivity index (χ4v) is 3.58. The molecule has 0 aliphatic carbocycles. The fraction of sp³-hybridized carbons (Fsp3) is 0.364. The molecule has 4 N–H and O–H groups in total. The number of amidine groups is 1. The predicted octanol–water partition coefficient (Wildman–Crippen LogP) is 1.86. The Morgan fingerprint density at radius 3 is 2.53 bits per heavy atom. The molecule has 0 unspecified atom stereocenters. The van der Waals surface area contributed by atoms with Gasteiger partial charge in [0, 0.05) is 49.4 Å². The lowest BCUT2D eigenvalue weighted by molar-refractivity contribution is -0.135. The van der Waals surface area contributed by atoms with Gasteiger partial charge in [0.25, 0.3) is 0 Å². The van der Waals surface area contributed by atoms with Gasteiger partial charge in [-0.2, -0.15) is 0 Å². The number of benzene rings is 1. The van der Waals surface area contributed by atoms with Crippen molar-refractivity contribution in [2.24, 2.45) is 11.7 Å². The topological polar surface area (TPSA) is 112 Å². The smallest absolute Gasteiger partial charge is 0.228 e. The molecular formula is C22H26FN5O2. The summed E-state index contributed by atoms with van der Waals surface area (Å²) in [4.78, 5) is 30.6. The van der Waals surface area contributed by atoms with Gasteiger partial charge in [-0.3, -0.25) is 20.0 Å². The van der Waals surface area contributed by atoms with Crippen LogP contribution in [0.2, 0.25) is 0 Å². The van der Waals surface area contributed by atoms with Gasteiger partial charge >= 0.3 is 0 Å². The van der Waals surface area contributed by atoms with Gasteiger partial charge in [-0.15, -0.1) is 0 Å². The van der Waals surface area contributed by atoms with Crippen molar-refractivity contribution in [3.05, 3.63) is 65.7 Å². The van der Waals surface area contributed by atoms with Gasteiger partial charge in [-0.05, 0) is 43.0 Å². The summed E-state index contributed by atoms with van der Waals surface area (Å²) in [6.45, 7) is 0.928. The third-order valence-corrected chi connectivity index (χ3v) is 5.31. The van der Waals surface area contributed by atoms with Crippen molar-refractivity contribution >= 4 is 17.6 Å². The van der Waals surface area contributed by atoms with E-state index in [9.17, 15) is 14.0 Å². The number of likely N-dealkylation sites (tertiary alicyclic amines) is 1. The number of amides is 2. The molecular weight excluding hydrogens is 385 g/mol. The number of halogens is 1. The molecule has 1 aliphatic heterocycles. The second kappa shape index (κ2) is 10.1. The normalized spacial score (nSPS) is 15.5. The first-order valence-corrected chi connectivity index (χ1v) is 10.0. The monoisotopic (exact) mass is 411 g/mol. The van der Waals surface area contributed by atoms with E-state index in [1.165, 1.54) is 6.07 Å². The molecule has 1 fully saturated rings. The minimum atomic E-state index is -0.462. The molecule has 2 amide bonds. The first-order valence-electron chi connectivity index (χ1n) is 10.0. The van der Waals surface area contributed by atoms with Crippen LogP contribution in [0.3, 0.4) is 0 Å². The fourth-order valence-electron chi connectivity index (χ4n) is 3.58. The van der Waals surface area contributed by atoms with E-state index in [0.29, 0.717) is 43.5 Å². The van der Waals surface area contributed by atoms with Gasteiger partial charge in [0.15, 0.2) is 0 Å². The van der Waals surface area contributed by atoms with Crippen molar-refractivity contribution in [3.8, 4) is 0 Å². The molecule has 1 aromatic carbocycles. The summed E-state index contributed by atoms with van der Waals surface area (Å²) in [6.07, 6.45) is 4.63. The van der Waals surface area contributed by atoms with E-state index in [1.54, 1.807) is 47.6 Å². The van der Waals surface area contributed by atoms with Crippen LogP contribution in [0.5, 0.6) is 0 Å². The molecule has 158 valence electrons. The average molecular weight is 411 g/mol. The van der Waals surface area contributed by atoms with Crippen molar-refractivity contribution in [2.45, 2.75) is 31.7 Å². The molecule has 1 aromatic heterocycles. The Hall–Kier alpha value is -3.13. The van der Waals surface area contributed by atoms with Crippen LogP contribution in [0.4, 0.5) is 4.39 Å². The van der Waals surface area contributed by atoms with Crippen molar-refractivity contribution in [1.82, 2.24) is 15.2 Å². The van der Waals surface area contributed by atoms with Crippen molar-refractivity contribution in [1.29, 1.82) is 5.41 Å². The zero-order valence-electron chi connectivity index (χ0n) is 16.7. The molecule has 2 heterocycles. The van der Waals surface area contributed by atoms with Gasteiger partial charge in [0.2, 0.25) is 11.8 Å². The van der Waals surface area contributed by atoms with E-state index >= 15 is 0 Å². The number of carbonyl (C=O) groups is 2. The SMILES string of the molecule is N=C(NC(=O)C1CCN(C(=O)C[C@H](N)Cc2ccccc2F)CC1)c1ccncc1. The Kier molecular flexibility index (Phi) is 7.24. The van der Waals surface area contributed by atoms with Crippen LogP contribution < -0.4 is 11.1 Å². The quantitative estimate of drug-likeness (QED) is 0.497. The van der Waals surface area contributed by atoms with E-state index in [2.05, 4.69) is 10.3 Å². The lowest BCUT2D eigenvalue weighted by Gasteiger charge is -2.32. The Morgan fingerprint density at radius 2 is 1.87 bits per heavy atom. The molecule has 0 saturated carbocycles. The Morgan fingerprint density at radius 1 is 1.20 bits per heavy atom. The number of rotatable bonds is 6. The third-order valence-electron chi connectivity index (χ3n) is 5.31. The zero-order valence-corrected chi connectivity index (χ0v) is 16.7. The van der Waals surface area contributed by atoms with E-state index < -0.39 is 6.04 Å². The zero-order chi connectivity index (χ0) is 21.5. The number of hydrogen-bond acceptors (Lipinski definition) is 5. The minimum absolute atomic E-state index is 0.0417. The van der Waals surface area contributed by atoms with Crippen LogP contribution in [0, 0.1) is 17.1 Å². The summed E-state index contributed by atoms with van der Waals surface area (Å²) < 4.78 is 13.8. The summed E-state index contributed by atoms with van der Waals surface area (Å²) in [5.74, 6) is -0.810. The minimum Gasteiger partial charge on any atom is -0.343 e. The van der Waals surface area contributed by atoms with Crippen LogP contribution in [-0.2, 0) is 16.0 Å². The van der Waals surface area contributed by atoms with Gasteiger partial charge in [-0.1, -0.05) is 18.2 Å². The summed E-state index contributed by atoms with van der Waals surface area (Å²) >= 11 is 0. The highest BCUT2D eigenvalue weighted by atomic mass is 19.1. The largest absolute Gasteiger partial charge is 0.343 e. The second-order valence-corrected chi connectivity index (χ2v) is 7.51. The standard InChI is InChI=1S/C22H26FN5O2/c23-19-4-2-1-3-17(19)13-18(24)14-20(29)28-11-7-16(8-12-28)22(30)27-21(25)15-5-9-26-10-6-15/h1-6,9-10,16,18H,7-8,11-14,24H2,(H2,25,27,30)/t18-/m1/s1. The first-order chi connectivity index (χ1) is 14.4. The van der Waals surface area contributed by atoms with Crippen molar-refractivity contribution in [2.75, 3.05) is 13.1 Å². The van der Waals surface area contributed by atoms with Crippen LogP contribution in [-0.4, -0.2) is 46.7 Å². The van der Waals surface area contributed by atoms with Crippen molar-refractivity contribution < 1.29 is 14.0 Å². The Labute approximate surface area is 175 Å². The number of hydrogen-bond donors (Lipinski definition) is 3. The molecule has 1 atom stereocenters. The van der Waals surface area contributed by atoms with Crippen LogP contribution in [0.25, 0.3) is 0 Å². The van der Waals surface area contributed by atoms with Gasteiger partial charge in [0.1, 0.15) is 11.7 Å². The van der Waals surface area contributed by atoms with E-state index in [4.69, 9.17) is 11.1 Å². The first kappa shape index (κ1) is 21.6. The van der Waals surface area contributed by atoms with Gasteiger partial charge in [0.05, 0.1) is 0 Å². The molecule has 0 bridgehead atoms. The highest BCUT2D eigenvalue weighted by Gasteiger charge is 2.28. The number of aromatic nitrogens is 1. The highest BCUT2D eigenvalue weighted by Crippen LogP contribution is 2.19. The van der Waals surface area contributed by atoms with E-state index in [-0.39, 0.29) is 35.8 Å². The summed E-state index contributed by atoms with van der Waals surface area (Å²) in [5, 5.41) is 10.6. The maximum Gasteiger partial charge on any atom is 0.228 e. The molecule has 1 aliphatic rings. The molecule has 8 heteroatoms. The lowest BCUT2D eigenvalue weighted by atomic mass is 9.95. The molecule has 1 saturated heterocycles. The molecule has 0 radical (unpaired) electrons. The van der Waals surface area contributed by atoms with E-state index in [0.717, 1.165) is 0 Å². The molecule has 2 aromatic rings. The molecule has 0 spiro atoms. The van der Waals surface area contributed by atoms with Gasteiger partial charge < -0.3 is 16.0 Å². The molecule has 30 heavy (non-hydrogen) atoms. The molecule has 7 nitrogen and oxygen atoms in total. The number of piperidine rings is 1. The number of carbonyl (C=O) groups excluding carboxylic acids is 2. The summed E-state index contributed by atoms with van der Waals surface area (Å²) in [5.41, 5.74) is 7.16. The number of nitrogens with one attached hydrogen (secondary N) is 2. The Bertz CT molecular complexity index is 897. The third kappa shape index (κ3) is 5.70. The second-order valence-electron chi connectivity index (χ2n) is 7.51.